The van der Waals surface area contributed by atoms with E-state index in [0.29, 0.717) is 24.5 Å². The summed E-state index contributed by atoms with van der Waals surface area (Å²) in [6.07, 6.45) is 3.39. The molecule has 6 nitrogen and oxygen atoms in total. The molecule has 4 N–H and O–H groups in total. The van der Waals surface area contributed by atoms with E-state index < -0.39 is 0 Å². The molecule has 1 aliphatic rings. The number of nitrogen functional groups attached to an aromatic ring is 1. The number of hydrogen-bond acceptors (Lipinski definition) is 4. The van der Waals surface area contributed by atoms with E-state index in [4.69, 9.17) is 5.73 Å². The number of carbonyl (C=O) groups is 2. The molecule has 0 aromatic carbocycles. The molecular weight excluding hydrogens is 232 g/mol. The van der Waals surface area contributed by atoms with Crippen LogP contribution in [0.2, 0.25) is 0 Å². The Bertz CT molecular complexity index is 440. The van der Waals surface area contributed by atoms with E-state index >= 15 is 0 Å². The molecule has 1 fully saturated rings. The number of pyridine rings is 1. The van der Waals surface area contributed by atoms with Gasteiger partial charge in [-0.2, -0.15) is 0 Å². The van der Waals surface area contributed by atoms with Crippen molar-refractivity contribution >= 4 is 17.5 Å². The van der Waals surface area contributed by atoms with E-state index in [0.717, 1.165) is 12.8 Å². The highest BCUT2D eigenvalue weighted by atomic mass is 16.2. The minimum absolute atomic E-state index is 0.0786. The molecule has 0 saturated heterocycles. The Labute approximate surface area is 105 Å². The zero-order valence-corrected chi connectivity index (χ0v) is 9.98. The lowest BCUT2D eigenvalue weighted by Gasteiger charge is -2.06. The standard InChI is InChI=1S/C12H16N4O2/c13-9-3-4-10(16-7-9)12(18)15-6-5-14-11(17)8-1-2-8/h3-4,7-8H,1-2,5-6,13H2,(H,14,17)(H,15,18). The second kappa shape index (κ2) is 5.48. The molecule has 0 bridgehead atoms. The van der Waals surface area contributed by atoms with Gasteiger partial charge in [-0.3, -0.25) is 9.59 Å². The molecule has 1 aliphatic carbocycles. The highest BCUT2D eigenvalue weighted by Crippen LogP contribution is 2.28. The maximum atomic E-state index is 11.6. The van der Waals surface area contributed by atoms with Crippen molar-refractivity contribution in [3.05, 3.63) is 24.0 Å². The molecule has 2 rings (SSSR count). The second-order valence-electron chi connectivity index (χ2n) is 4.30. The van der Waals surface area contributed by atoms with E-state index in [1.807, 2.05) is 0 Å². The van der Waals surface area contributed by atoms with Crippen molar-refractivity contribution in [2.24, 2.45) is 5.92 Å². The molecule has 0 aliphatic heterocycles. The van der Waals surface area contributed by atoms with E-state index in [1.165, 1.54) is 6.20 Å². The van der Waals surface area contributed by atoms with E-state index in [1.54, 1.807) is 12.1 Å². The van der Waals surface area contributed by atoms with Gasteiger partial charge in [0.05, 0.1) is 11.9 Å². The number of rotatable bonds is 5. The highest BCUT2D eigenvalue weighted by Gasteiger charge is 2.28. The SMILES string of the molecule is Nc1ccc(C(=O)NCCNC(=O)C2CC2)nc1. The van der Waals surface area contributed by atoms with Crippen LogP contribution in [0, 0.1) is 5.92 Å². The Morgan fingerprint density at radius 1 is 1.28 bits per heavy atom. The summed E-state index contributed by atoms with van der Waals surface area (Å²) in [6.45, 7) is 0.833. The quantitative estimate of drug-likeness (QED) is 0.635. The van der Waals surface area contributed by atoms with Crippen LogP contribution < -0.4 is 16.4 Å². The second-order valence-corrected chi connectivity index (χ2v) is 4.30. The van der Waals surface area contributed by atoms with Crippen LogP contribution in [0.4, 0.5) is 5.69 Å². The molecule has 18 heavy (non-hydrogen) atoms. The summed E-state index contributed by atoms with van der Waals surface area (Å²) in [5.41, 5.74) is 6.31. The van der Waals surface area contributed by atoms with Crippen LogP contribution in [0.1, 0.15) is 23.3 Å². The maximum Gasteiger partial charge on any atom is 0.269 e. The molecule has 96 valence electrons. The summed E-state index contributed by atoms with van der Waals surface area (Å²) in [5, 5.41) is 5.44. The summed E-state index contributed by atoms with van der Waals surface area (Å²) in [6, 6.07) is 3.18. The van der Waals surface area contributed by atoms with Crippen molar-refractivity contribution in [1.29, 1.82) is 0 Å². The lowest BCUT2D eigenvalue weighted by molar-refractivity contribution is -0.122. The van der Waals surface area contributed by atoms with Gasteiger partial charge in [0.25, 0.3) is 5.91 Å². The predicted octanol–water partition coefficient (Wildman–Crippen LogP) is -0.0802. The third-order valence-corrected chi connectivity index (χ3v) is 2.68. The van der Waals surface area contributed by atoms with E-state index in [2.05, 4.69) is 15.6 Å². The van der Waals surface area contributed by atoms with Gasteiger partial charge in [-0.1, -0.05) is 0 Å². The number of nitrogens with one attached hydrogen (secondary N) is 2. The first-order valence-electron chi connectivity index (χ1n) is 5.94. The summed E-state index contributed by atoms with van der Waals surface area (Å²) in [5.74, 6) is 0.00463. The molecule has 1 aromatic heterocycles. The number of amides is 2. The largest absolute Gasteiger partial charge is 0.397 e. The Balaban J connectivity index is 1.68. The van der Waals surface area contributed by atoms with E-state index in [-0.39, 0.29) is 17.7 Å². The summed E-state index contributed by atoms with van der Waals surface area (Å²) in [4.78, 5) is 26.8. The molecule has 0 radical (unpaired) electrons. The Morgan fingerprint density at radius 2 is 2.00 bits per heavy atom. The zero-order valence-electron chi connectivity index (χ0n) is 9.98. The van der Waals surface area contributed by atoms with Gasteiger partial charge >= 0.3 is 0 Å². The van der Waals surface area contributed by atoms with Gasteiger partial charge in [-0.05, 0) is 25.0 Å². The third kappa shape index (κ3) is 3.44. The number of nitrogens with zero attached hydrogens (tertiary/aromatic N) is 1. The molecule has 6 heteroatoms. The van der Waals surface area contributed by atoms with Crippen LogP contribution in [-0.2, 0) is 4.79 Å². The van der Waals surface area contributed by atoms with Crippen molar-refractivity contribution in [2.75, 3.05) is 18.8 Å². The normalized spacial score (nSPS) is 14.0. The van der Waals surface area contributed by atoms with Crippen molar-refractivity contribution in [3.8, 4) is 0 Å². The molecule has 0 spiro atoms. The van der Waals surface area contributed by atoms with Crippen molar-refractivity contribution in [2.45, 2.75) is 12.8 Å². The van der Waals surface area contributed by atoms with Gasteiger partial charge in [0, 0.05) is 19.0 Å². The van der Waals surface area contributed by atoms with Gasteiger partial charge in [-0.15, -0.1) is 0 Å². The van der Waals surface area contributed by atoms with Gasteiger partial charge in [0.15, 0.2) is 0 Å². The first-order chi connectivity index (χ1) is 8.66. The summed E-state index contributed by atoms with van der Waals surface area (Å²) in [7, 11) is 0. The fourth-order valence-corrected chi connectivity index (χ4v) is 1.48. The maximum absolute atomic E-state index is 11.6. The molecule has 1 heterocycles. The zero-order chi connectivity index (χ0) is 13.0. The number of aromatic nitrogens is 1. The topological polar surface area (TPSA) is 97.1 Å². The first-order valence-corrected chi connectivity index (χ1v) is 5.94. The molecular formula is C12H16N4O2. The molecule has 2 amide bonds. The lowest BCUT2D eigenvalue weighted by Crippen LogP contribution is -2.35. The average molecular weight is 248 g/mol. The number of anilines is 1. The number of carbonyl (C=O) groups excluding carboxylic acids is 2. The molecule has 0 atom stereocenters. The smallest absolute Gasteiger partial charge is 0.269 e. The lowest BCUT2D eigenvalue weighted by atomic mass is 10.3. The van der Waals surface area contributed by atoms with Crippen LogP contribution in [0.25, 0.3) is 0 Å². The minimum atomic E-state index is -0.268. The average Bonchev–Trinajstić information content (AvgIpc) is 3.19. The summed E-state index contributed by atoms with van der Waals surface area (Å²) >= 11 is 0. The van der Waals surface area contributed by atoms with Crippen LogP contribution in [0.3, 0.4) is 0 Å². The van der Waals surface area contributed by atoms with Crippen molar-refractivity contribution < 1.29 is 9.59 Å². The van der Waals surface area contributed by atoms with Crippen LogP contribution >= 0.6 is 0 Å². The Hall–Kier alpha value is -2.11. The molecule has 1 saturated carbocycles. The Morgan fingerprint density at radius 3 is 2.61 bits per heavy atom. The minimum Gasteiger partial charge on any atom is -0.397 e. The van der Waals surface area contributed by atoms with Crippen molar-refractivity contribution in [1.82, 2.24) is 15.6 Å². The highest BCUT2D eigenvalue weighted by molar-refractivity contribution is 5.92. The van der Waals surface area contributed by atoms with Gasteiger partial charge in [0.2, 0.25) is 5.91 Å². The van der Waals surface area contributed by atoms with Crippen molar-refractivity contribution in [3.63, 3.8) is 0 Å². The predicted molar refractivity (Wildman–Crippen MR) is 66.7 cm³/mol. The number of nitrogens with two attached hydrogens (primary N) is 1. The molecule has 0 unspecified atom stereocenters. The van der Waals surface area contributed by atoms with Crippen LogP contribution in [0.15, 0.2) is 18.3 Å². The molecule has 1 aromatic rings. The Kier molecular flexibility index (Phi) is 3.76. The van der Waals surface area contributed by atoms with Gasteiger partial charge in [0.1, 0.15) is 5.69 Å². The van der Waals surface area contributed by atoms with E-state index in [9.17, 15) is 9.59 Å². The van der Waals surface area contributed by atoms with Gasteiger partial charge < -0.3 is 16.4 Å². The van der Waals surface area contributed by atoms with Gasteiger partial charge in [-0.25, -0.2) is 4.98 Å². The monoisotopic (exact) mass is 248 g/mol. The number of hydrogen-bond donors (Lipinski definition) is 3. The third-order valence-electron chi connectivity index (χ3n) is 2.68. The summed E-state index contributed by atoms with van der Waals surface area (Å²) < 4.78 is 0. The van der Waals surface area contributed by atoms with Crippen LogP contribution in [0.5, 0.6) is 0 Å². The van der Waals surface area contributed by atoms with Crippen LogP contribution in [-0.4, -0.2) is 29.9 Å². The first kappa shape index (κ1) is 12.3. The fraction of sp³-hybridized carbons (Fsp3) is 0.417. The fourth-order valence-electron chi connectivity index (χ4n) is 1.48.